The molecule has 0 bridgehead atoms. The van der Waals surface area contributed by atoms with Crippen LogP contribution in [0, 0.1) is 0 Å². The summed E-state index contributed by atoms with van der Waals surface area (Å²) in [7, 11) is 6.31. The molecule has 2 aromatic rings. The van der Waals surface area contributed by atoms with Crippen LogP contribution in [0.15, 0.2) is 42.5 Å². The zero-order chi connectivity index (χ0) is 20.4. The number of methoxy groups -OCH3 is 4. The normalized spacial score (nSPS) is 10.6. The van der Waals surface area contributed by atoms with Gasteiger partial charge in [0, 0.05) is 12.6 Å². The number of carbonyl (C=O) groups is 1. The van der Waals surface area contributed by atoms with E-state index in [-0.39, 0.29) is 5.91 Å². The van der Waals surface area contributed by atoms with Gasteiger partial charge in [-0.1, -0.05) is 12.1 Å². The van der Waals surface area contributed by atoms with Crippen LogP contribution in [0.5, 0.6) is 23.0 Å². The molecule has 6 heteroatoms. The van der Waals surface area contributed by atoms with Gasteiger partial charge in [-0.3, -0.25) is 4.79 Å². The summed E-state index contributed by atoms with van der Waals surface area (Å²) in [4.78, 5) is 12.0. The minimum absolute atomic E-state index is 0.150. The molecular weight excluding hydrogens is 358 g/mol. The molecule has 0 spiro atoms. The molecule has 0 atom stereocenters. The summed E-state index contributed by atoms with van der Waals surface area (Å²) >= 11 is 0. The Bertz CT molecular complexity index is 774. The van der Waals surface area contributed by atoms with E-state index in [9.17, 15) is 4.79 Å². The van der Waals surface area contributed by atoms with Gasteiger partial charge in [0.05, 0.1) is 28.4 Å². The molecule has 0 radical (unpaired) electrons. The Kier molecular flexibility index (Phi) is 8.21. The standard InChI is InChI=1S/C22H27NO5/c1-25-18-10-7-16(8-11-18)6-5-13-23-21(24)12-9-17-14-19(26-2)22(28-4)20(15-17)27-3/h7-12,14-15H,5-6,13H2,1-4H3,(H,23,24)/b12-9+. The summed E-state index contributed by atoms with van der Waals surface area (Å²) < 4.78 is 21.1. The Labute approximate surface area is 166 Å². The molecule has 1 N–H and O–H groups in total. The van der Waals surface area contributed by atoms with Crippen molar-refractivity contribution in [2.45, 2.75) is 12.8 Å². The van der Waals surface area contributed by atoms with Gasteiger partial charge in [0.1, 0.15) is 5.75 Å². The average molecular weight is 385 g/mol. The van der Waals surface area contributed by atoms with Crippen molar-refractivity contribution in [2.24, 2.45) is 0 Å². The first kappa shape index (κ1) is 21.2. The first-order chi connectivity index (χ1) is 13.6. The van der Waals surface area contributed by atoms with Crippen molar-refractivity contribution in [1.29, 1.82) is 0 Å². The second kappa shape index (κ2) is 10.9. The number of nitrogens with one attached hydrogen (secondary N) is 1. The molecule has 0 saturated carbocycles. The summed E-state index contributed by atoms with van der Waals surface area (Å²) in [5.41, 5.74) is 1.99. The smallest absolute Gasteiger partial charge is 0.243 e. The van der Waals surface area contributed by atoms with Crippen LogP contribution >= 0.6 is 0 Å². The lowest BCUT2D eigenvalue weighted by Crippen LogP contribution is -2.22. The number of amides is 1. The molecule has 0 saturated heterocycles. The summed E-state index contributed by atoms with van der Waals surface area (Å²) in [5, 5.41) is 2.89. The fourth-order valence-electron chi connectivity index (χ4n) is 2.72. The molecule has 6 nitrogen and oxygen atoms in total. The SMILES string of the molecule is COc1ccc(CCCNC(=O)/C=C/c2cc(OC)c(OC)c(OC)c2)cc1. The van der Waals surface area contributed by atoms with E-state index in [0.29, 0.717) is 23.8 Å². The highest BCUT2D eigenvalue weighted by Crippen LogP contribution is 2.38. The van der Waals surface area contributed by atoms with Crippen molar-refractivity contribution in [3.63, 3.8) is 0 Å². The van der Waals surface area contributed by atoms with Crippen molar-refractivity contribution in [3.05, 3.63) is 53.6 Å². The van der Waals surface area contributed by atoms with Crippen LogP contribution in [0.2, 0.25) is 0 Å². The molecular formula is C22H27NO5. The van der Waals surface area contributed by atoms with Gasteiger partial charge < -0.3 is 24.3 Å². The van der Waals surface area contributed by atoms with Crippen molar-refractivity contribution in [2.75, 3.05) is 35.0 Å². The van der Waals surface area contributed by atoms with Crippen LogP contribution in [0.1, 0.15) is 17.5 Å². The highest BCUT2D eigenvalue weighted by molar-refractivity contribution is 5.91. The molecule has 2 aromatic carbocycles. The first-order valence-corrected chi connectivity index (χ1v) is 9.00. The Morgan fingerprint density at radius 2 is 1.57 bits per heavy atom. The monoisotopic (exact) mass is 385 g/mol. The molecule has 1 amide bonds. The number of benzene rings is 2. The zero-order valence-electron chi connectivity index (χ0n) is 16.8. The molecule has 150 valence electrons. The summed E-state index contributed by atoms with van der Waals surface area (Å²) in [6.45, 7) is 0.602. The lowest BCUT2D eigenvalue weighted by molar-refractivity contribution is -0.116. The number of hydrogen-bond acceptors (Lipinski definition) is 5. The van der Waals surface area contributed by atoms with E-state index in [1.165, 1.54) is 11.6 Å². The lowest BCUT2D eigenvalue weighted by atomic mass is 10.1. The quantitative estimate of drug-likeness (QED) is 0.501. The molecule has 0 aliphatic rings. The van der Waals surface area contributed by atoms with Crippen molar-refractivity contribution < 1.29 is 23.7 Å². The molecule has 0 fully saturated rings. The zero-order valence-corrected chi connectivity index (χ0v) is 16.8. The van der Waals surface area contributed by atoms with Gasteiger partial charge in [0.25, 0.3) is 0 Å². The largest absolute Gasteiger partial charge is 0.497 e. The maximum atomic E-state index is 12.0. The number of rotatable bonds is 10. The number of hydrogen-bond donors (Lipinski definition) is 1. The van der Waals surface area contributed by atoms with Gasteiger partial charge in [0.15, 0.2) is 11.5 Å². The maximum Gasteiger partial charge on any atom is 0.243 e. The van der Waals surface area contributed by atoms with E-state index in [4.69, 9.17) is 18.9 Å². The number of ether oxygens (including phenoxy) is 4. The van der Waals surface area contributed by atoms with E-state index in [0.717, 1.165) is 24.2 Å². The topological polar surface area (TPSA) is 66.0 Å². The van der Waals surface area contributed by atoms with E-state index in [2.05, 4.69) is 5.32 Å². The molecule has 0 aliphatic carbocycles. The summed E-state index contributed by atoms with van der Waals surface area (Å²) in [6, 6.07) is 11.5. The van der Waals surface area contributed by atoms with E-state index in [1.807, 2.05) is 24.3 Å². The van der Waals surface area contributed by atoms with Gasteiger partial charge in [-0.15, -0.1) is 0 Å². The highest BCUT2D eigenvalue weighted by atomic mass is 16.5. The molecule has 0 aliphatic heterocycles. The minimum atomic E-state index is -0.150. The van der Waals surface area contributed by atoms with Crippen LogP contribution in [0.3, 0.4) is 0 Å². The summed E-state index contributed by atoms with van der Waals surface area (Å²) in [5.74, 6) is 2.30. The maximum absolute atomic E-state index is 12.0. The Morgan fingerprint density at radius 3 is 2.11 bits per heavy atom. The molecule has 0 heterocycles. The first-order valence-electron chi connectivity index (χ1n) is 9.00. The second-order valence-electron chi connectivity index (χ2n) is 6.03. The van der Waals surface area contributed by atoms with Crippen LogP contribution in [0.25, 0.3) is 6.08 Å². The van der Waals surface area contributed by atoms with E-state index in [1.54, 1.807) is 46.6 Å². The van der Waals surface area contributed by atoms with Crippen LogP contribution in [-0.4, -0.2) is 40.9 Å². The third-order valence-electron chi connectivity index (χ3n) is 4.21. The van der Waals surface area contributed by atoms with Gasteiger partial charge in [-0.05, 0) is 54.3 Å². The molecule has 0 unspecified atom stereocenters. The molecule has 0 aromatic heterocycles. The van der Waals surface area contributed by atoms with Gasteiger partial charge in [-0.25, -0.2) is 0 Å². The highest BCUT2D eigenvalue weighted by Gasteiger charge is 2.12. The van der Waals surface area contributed by atoms with E-state index < -0.39 is 0 Å². The third-order valence-corrected chi connectivity index (χ3v) is 4.21. The predicted octanol–water partition coefficient (Wildman–Crippen LogP) is 3.48. The molecule has 2 rings (SSSR count). The second-order valence-corrected chi connectivity index (χ2v) is 6.03. The van der Waals surface area contributed by atoms with Crippen LogP contribution in [-0.2, 0) is 11.2 Å². The van der Waals surface area contributed by atoms with Crippen molar-refractivity contribution in [1.82, 2.24) is 5.32 Å². The van der Waals surface area contributed by atoms with Crippen molar-refractivity contribution in [3.8, 4) is 23.0 Å². The predicted molar refractivity (Wildman–Crippen MR) is 109 cm³/mol. The average Bonchev–Trinajstić information content (AvgIpc) is 2.74. The Balaban J connectivity index is 1.85. The fraction of sp³-hybridized carbons (Fsp3) is 0.318. The lowest BCUT2D eigenvalue weighted by Gasteiger charge is -2.12. The Morgan fingerprint density at radius 1 is 0.929 bits per heavy atom. The third kappa shape index (κ3) is 5.94. The van der Waals surface area contributed by atoms with Gasteiger partial charge in [0.2, 0.25) is 11.7 Å². The van der Waals surface area contributed by atoms with Crippen LogP contribution < -0.4 is 24.3 Å². The Hall–Kier alpha value is -3.15. The van der Waals surface area contributed by atoms with Gasteiger partial charge >= 0.3 is 0 Å². The van der Waals surface area contributed by atoms with Crippen molar-refractivity contribution >= 4 is 12.0 Å². The fourth-order valence-corrected chi connectivity index (χ4v) is 2.72. The van der Waals surface area contributed by atoms with Crippen LogP contribution in [0.4, 0.5) is 0 Å². The number of aryl methyl sites for hydroxylation is 1. The van der Waals surface area contributed by atoms with E-state index >= 15 is 0 Å². The number of carbonyl (C=O) groups excluding carboxylic acids is 1. The van der Waals surface area contributed by atoms with Gasteiger partial charge in [-0.2, -0.15) is 0 Å². The molecule has 28 heavy (non-hydrogen) atoms. The summed E-state index contributed by atoms with van der Waals surface area (Å²) in [6.07, 6.45) is 4.95. The minimum Gasteiger partial charge on any atom is -0.497 e.